The Labute approximate surface area is 102 Å². The first-order chi connectivity index (χ1) is 7.92. The van der Waals surface area contributed by atoms with Crippen LogP contribution in [0.2, 0.25) is 0 Å². The number of ether oxygens (including phenoxy) is 1. The predicted molar refractivity (Wildman–Crippen MR) is 66.7 cm³/mol. The summed E-state index contributed by atoms with van der Waals surface area (Å²) in [6.45, 7) is 5.45. The maximum Gasteiger partial charge on any atom is 0.307 e. The van der Waals surface area contributed by atoms with Gasteiger partial charge in [0.2, 0.25) is 0 Å². The molecule has 0 aliphatic heterocycles. The van der Waals surface area contributed by atoms with Crippen LogP contribution >= 0.6 is 0 Å². The molecule has 0 aromatic heterocycles. The molecule has 0 radical (unpaired) electrons. The van der Waals surface area contributed by atoms with Crippen LogP contribution in [0.4, 0.5) is 0 Å². The fourth-order valence-electron chi connectivity index (χ4n) is 1.60. The molecule has 0 fully saturated rings. The first-order valence-corrected chi connectivity index (χ1v) is 5.80. The molecule has 0 amide bonds. The lowest BCUT2D eigenvalue weighted by Crippen LogP contribution is -2.25. The highest BCUT2D eigenvalue weighted by Gasteiger charge is 2.20. The van der Waals surface area contributed by atoms with Gasteiger partial charge in [0.1, 0.15) is 5.60 Å². The SMILES string of the molecule is CC(C)(C)OC(=O)C[C@H](CO)c1ccccc1. The average molecular weight is 236 g/mol. The third-order valence-electron chi connectivity index (χ3n) is 2.32. The minimum absolute atomic E-state index is 0.0523. The topological polar surface area (TPSA) is 46.5 Å². The molecular weight excluding hydrogens is 216 g/mol. The van der Waals surface area contributed by atoms with E-state index in [-0.39, 0.29) is 24.9 Å². The van der Waals surface area contributed by atoms with Crippen molar-refractivity contribution in [3.63, 3.8) is 0 Å². The zero-order valence-electron chi connectivity index (χ0n) is 10.6. The molecule has 0 aliphatic carbocycles. The summed E-state index contributed by atoms with van der Waals surface area (Å²) in [6, 6.07) is 9.52. The molecule has 94 valence electrons. The second kappa shape index (κ2) is 5.82. The van der Waals surface area contributed by atoms with Gasteiger partial charge in [-0.2, -0.15) is 0 Å². The lowest BCUT2D eigenvalue weighted by Gasteiger charge is -2.21. The van der Waals surface area contributed by atoms with E-state index in [1.54, 1.807) is 0 Å². The standard InChI is InChI=1S/C14H20O3/c1-14(2,3)17-13(16)9-12(10-15)11-7-5-4-6-8-11/h4-8,12,15H,9-10H2,1-3H3/t12-/m1/s1. The Morgan fingerprint density at radius 2 is 1.88 bits per heavy atom. The fraction of sp³-hybridized carbons (Fsp3) is 0.500. The van der Waals surface area contributed by atoms with Gasteiger partial charge in [-0.15, -0.1) is 0 Å². The summed E-state index contributed by atoms with van der Waals surface area (Å²) in [7, 11) is 0. The van der Waals surface area contributed by atoms with E-state index < -0.39 is 5.60 Å². The van der Waals surface area contributed by atoms with E-state index in [0.717, 1.165) is 5.56 Å². The zero-order valence-corrected chi connectivity index (χ0v) is 10.6. The van der Waals surface area contributed by atoms with Crippen LogP contribution in [0.15, 0.2) is 30.3 Å². The Balaban J connectivity index is 2.62. The Kier molecular flexibility index (Phi) is 4.70. The summed E-state index contributed by atoms with van der Waals surface area (Å²) in [6.07, 6.45) is 0.206. The molecule has 0 saturated carbocycles. The molecule has 1 N–H and O–H groups in total. The van der Waals surface area contributed by atoms with Crippen molar-refractivity contribution in [1.82, 2.24) is 0 Å². The number of rotatable bonds is 4. The van der Waals surface area contributed by atoms with E-state index in [1.807, 2.05) is 51.1 Å². The van der Waals surface area contributed by atoms with Gasteiger partial charge in [0.15, 0.2) is 0 Å². The van der Waals surface area contributed by atoms with Crippen LogP contribution in [0.25, 0.3) is 0 Å². The summed E-state index contributed by atoms with van der Waals surface area (Å²) in [4.78, 5) is 11.7. The quantitative estimate of drug-likeness (QED) is 0.817. The summed E-state index contributed by atoms with van der Waals surface area (Å²) in [5, 5.41) is 9.32. The predicted octanol–water partition coefficient (Wildman–Crippen LogP) is 2.49. The van der Waals surface area contributed by atoms with Crippen LogP contribution in [-0.2, 0) is 9.53 Å². The van der Waals surface area contributed by atoms with E-state index in [2.05, 4.69) is 0 Å². The van der Waals surface area contributed by atoms with E-state index in [4.69, 9.17) is 4.74 Å². The molecule has 3 heteroatoms. The van der Waals surface area contributed by atoms with Gasteiger partial charge in [0.05, 0.1) is 13.0 Å². The number of hydrogen-bond acceptors (Lipinski definition) is 3. The highest BCUT2D eigenvalue weighted by Crippen LogP contribution is 2.20. The Morgan fingerprint density at radius 1 is 1.29 bits per heavy atom. The first kappa shape index (κ1) is 13.7. The van der Waals surface area contributed by atoms with E-state index in [0.29, 0.717) is 0 Å². The largest absolute Gasteiger partial charge is 0.460 e. The van der Waals surface area contributed by atoms with Crippen LogP contribution in [-0.4, -0.2) is 23.3 Å². The van der Waals surface area contributed by atoms with Gasteiger partial charge in [-0.25, -0.2) is 0 Å². The zero-order chi connectivity index (χ0) is 12.9. The Hall–Kier alpha value is -1.35. The van der Waals surface area contributed by atoms with Gasteiger partial charge in [-0.05, 0) is 26.3 Å². The van der Waals surface area contributed by atoms with Gasteiger partial charge >= 0.3 is 5.97 Å². The molecule has 17 heavy (non-hydrogen) atoms. The van der Waals surface area contributed by atoms with Crippen LogP contribution in [0.5, 0.6) is 0 Å². The highest BCUT2D eigenvalue weighted by molar-refractivity contribution is 5.71. The van der Waals surface area contributed by atoms with E-state index in [1.165, 1.54) is 0 Å². The van der Waals surface area contributed by atoms with Gasteiger partial charge in [-0.3, -0.25) is 4.79 Å². The number of esters is 1. The van der Waals surface area contributed by atoms with Crippen LogP contribution in [0.3, 0.4) is 0 Å². The lowest BCUT2D eigenvalue weighted by molar-refractivity contribution is -0.155. The molecule has 3 nitrogen and oxygen atoms in total. The van der Waals surface area contributed by atoms with Crippen molar-refractivity contribution < 1.29 is 14.6 Å². The van der Waals surface area contributed by atoms with Crippen LogP contribution < -0.4 is 0 Å². The van der Waals surface area contributed by atoms with Crippen molar-refractivity contribution in [2.75, 3.05) is 6.61 Å². The molecular formula is C14H20O3. The van der Waals surface area contributed by atoms with Crippen molar-refractivity contribution >= 4 is 5.97 Å². The number of aliphatic hydroxyl groups is 1. The summed E-state index contributed by atoms with van der Waals surface area (Å²) >= 11 is 0. The lowest BCUT2D eigenvalue weighted by atomic mass is 9.97. The third-order valence-corrected chi connectivity index (χ3v) is 2.32. The highest BCUT2D eigenvalue weighted by atomic mass is 16.6. The average Bonchev–Trinajstić information content (AvgIpc) is 2.24. The first-order valence-electron chi connectivity index (χ1n) is 5.80. The molecule has 1 rings (SSSR count). The van der Waals surface area contributed by atoms with Gasteiger partial charge in [-0.1, -0.05) is 30.3 Å². The second-order valence-electron chi connectivity index (χ2n) is 5.08. The van der Waals surface area contributed by atoms with Crippen molar-refractivity contribution in [2.45, 2.75) is 38.7 Å². The molecule has 1 aromatic rings. The number of carbonyl (C=O) groups is 1. The van der Waals surface area contributed by atoms with Crippen molar-refractivity contribution in [3.8, 4) is 0 Å². The summed E-state index contributed by atoms with van der Waals surface area (Å²) < 4.78 is 5.24. The molecule has 0 aliphatic rings. The molecule has 0 bridgehead atoms. The summed E-state index contributed by atoms with van der Waals surface area (Å²) in [5.74, 6) is -0.466. The molecule has 1 atom stereocenters. The van der Waals surface area contributed by atoms with E-state index in [9.17, 15) is 9.90 Å². The number of hydrogen-bond donors (Lipinski definition) is 1. The maximum atomic E-state index is 11.7. The molecule has 0 unspecified atom stereocenters. The van der Waals surface area contributed by atoms with Gasteiger partial charge in [0.25, 0.3) is 0 Å². The maximum absolute atomic E-state index is 11.7. The van der Waals surface area contributed by atoms with Crippen molar-refractivity contribution in [3.05, 3.63) is 35.9 Å². The van der Waals surface area contributed by atoms with E-state index >= 15 is 0 Å². The third kappa shape index (κ3) is 5.00. The molecule has 0 spiro atoms. The summed E-state index contributed by atoms with van der Waals surface area (Å²) in [5.41, 5.74) is 0.481. The Bertz CT molecular complexity index is 351. The van der Waals surface area contributed by atoms with Crippen molar-refractivity contribution in [1.29, 1.82) is 0 Å². The van der Waals surface area contributed by atoms with Gasteiger partial charge in [0, 0.05) is 5.92 Å². The van der Waals surface area contributed by atoms with Crippen LogP contribution in [0.1, 0.15) is 38.7 Å². The molecule has 0 saturated heterocycles. The smallest absolute Gasteiger partial charge is 0.307 e. The minimum atomic E-state index is -0.478. The van der Waals surface area contributed by atoms with Crippen LogP contribution in [0, 0.1) is 0 Å². The monoisotopic (exact) mass is 236 g/mol. The van der Waals surface area contributed by atoms with Crippen molar-refractivity contribution in [2.24, 2.45) is 0 Å². The minimum Gasteiger partial charge on any atom is -0.460 e. The second-order valence-corrected chi connectivity index (χ2v) is 5.08. The fourth-order valence-corrected chi connectivity index (χ4v) is 1.60. The number of carbonyl (C=O) groups excluding carboxylic acids is 1. The molecule has 0 heterocycles. The molecule has 1 aromatic carbocycles. The normalized spacial score (nSPS) is 13.2. The number of benzene rings is 1. The Morgan fingerprint density at radius 3 is 2.35 bits per heavy atom. The number of aliphatic hydroxyl groups excluding tert-OH is 1. The van der Waals surface area contributed by atoms with Gasteiger partial charge < -0.3 is 9.84 Å².